The Bertz CT molecular complexity index is 556. The first-order chi connectivity index (χ1) is 11.7. The molecular weight excluding hydrogens is 304 g/mol. The van der Waals surface area contributed by atoms with Crippen LogP contribution >= 0.6 is 0 Å². The summed E-state index contributed by atoms with van der Waals surface area (Å²) in [5.74, 6) is 2.21. The van der Waals surface area contributed by atoms with Crippen LogP contribution in [0.5, 0.6) is 11.5 Å². The predicted molar refractivity (Wildman–Crippen MR) is 94.8 cm³/mol. The van der Waals surface area contributed by atoms with Gasteiger partial charge in [0.15, 0.2) is 11.5 Å². The van der Waals surface area contributed by atoms with Crippen LogP contribution in [-0.2, 0) is 11.2 Å². The minimum Gasteiger partial charge on any atom is -0.493 e. The molecule has 134 valence electrons. The summed E-state index contributed by atoms with van der Waals surface area (Å²) in [6, 6.07) is 4.02. The van der Waals surface area contributed by atoms with E-state index in [0.717, 1.165) is 43.1 Å². The molecule has 2 atom stereocenters. The molecule has 24 heavy (non-hydrogen) atoms. The molecule has 2 aliphatic heterocycles. The van der Waals surface area contributed by atoms with Crippen LogP contribution in [0.3, 0.4) is 0 Å². The van der Waals surface area contributed by atoms with Crippen LogP contribution in [-0.4, -0.2) is 51.4 Å². The third-order valence-corrected chi connectivity index (χ3v) is 5.60. The smallest absolute Gasteiger partial charge is 0.164 e. The average molecular weight is 334 g/mol. The lowest BCUT2D eigenvalue weighted by Crippen LogP contribution is -2.42. The monoisotopic (exact) mass is 334 g/mol. The van der Waals surface area contributed by atoms with Crippen molar-refractivity contribution in [1.29, 1.82) is 0 Å². The number of hydrogen-bond donors (Lipinski definition) is 1. The third kappa shape index (κ3) is 3.25. The molecule has 2 aliphatic rings. The molecule has 1 aromatic rings. The van der Waals surface area contributed by atoms with Crippen LogP contribution in [0, 0.1) is 5.92 Å². The Labute approximate surface area is 145 Å². The molecule has 1 aromatic carbocycles. The summed E-state index contributed by atoms with van der Waals surface area (Å²) in [5, 5.41) is 0. The molecule has 1 fully saturated rings. The van der Waals surface area contributed by atoms with Gasteiger partial charge in [-0.1, -0.05) is 13.0 Å². The van der Waals surface area contributed by atoms with Gasteiger partial charge in [0.05, 0.1) is 26.4 Å². The number of nitrogens with two attached hydrogens (primary N) is 1. The van der Waals surface area contributed by atoms with Crippen molar-refractivity contribution in [1.82, 2.24) is 4.90 Å². The number of likely N-dealkylation sites (tertiary alicyclic amines) is 1. The Morgan fingerprint density at radius 2 is 1.96 bits per heavy atom. The summed E-state index contributed by atoms with van der Waals surface area (Å²) in [4.78, 5) is 2.51. The molecule has 5 heteroatoms. The summed E-state index contributed by atoms with van der Waals surface area (Å²) in [6.07, 6.45) is 3.42. The largest absolute Gasteiger partial charge is 0.493 e. The van der Waals surface area contributed by atoms with E-state index in [2.05, 4.69) is 17.9 Å². The number of piperidine rings is 1. The van der Waals surface area contributed by atoms with Crippen molar-refractivity contribution in [2.24, 2.45) is 11.7 Å². The van der Waals surface area contributed by atoms with Gasteiger partial charge >= 0.3 is 0 Å². The molecule has 0 aromatic heterocycles. The van der Waals surface area contributed by atoms with Crippen LogP contribution in [0.25, 0.3) is 0 Å². The van der Waals surface area contributed by atoms with Crippen LogP contribution in [0.15, 0.2) is 12.1 Å². The highest BCUT2D eigenvalue weighted by Crippen LogP contribution is 2.43. The van der Waals surface area contributed by atoms with E-state index in [1.54, 1.807) is 14.2 Å². The van der Waals surface area contributed by atoms with Gasteiger partial charge in [-0.2, -0.15) is 0 Å². The van der Waals surface area contributed by atoms with Gasteiger partial charge in [-0.25, -0.2) is 0 Å². The maximum Gasteiger partial charge on any atom is 0.164 e. The minimum absolute atomic E-state index is 0.0530. The molecule has 0 saturated carbocycles. The lowest BCUT2D eigenvalue weighted by molar-refractivity contribution is -0.0644. The van der Waals surface area contributed by atoms with E-state index >= 15 is 0 Å². The highest BCUT2D eigenvalue weighted by Gasteiger charge is 2.35. The lowest BCUT2D eigenvalue weighted by Gasteiger charge is -2.40. The number of methoxy groups -OCH3 is 2. The fourth-order valence-electron chi connectivity index (χ4n) is 4.15. The maximum atomic E-state index is 6.40. The van der Waals surface area contributed by atoms with Gasteiger partial charge in [0.25, 0.3) is 0 Å². The third-order valence-electron chi connectivity index (χ3n) is 5.60. The number of rotatable bonds is 5. The van der Waals surface area contributed by atoms with Crippen LogP contribution in [0.2, 0.25) is 0 Å². The van der Waals surface area contributed by atoms with Gasteiger partial charge in [0.2, 0.25) is 0 Å². The Hall–Kier alpha value is -1.30. The summed E-state index contributed by atoms with van der Waals surface area (Å²) in [7, 11) is 3.39. The summed E-state index contributed by atoms with van der Waals surface area (Å²) >= 11 is 0. The fourth-order valence-corrected chi connectivity index (χ4v) is 4.15. The van der Waals surface area contributed by atoms with Crippen LogP contribution in [0.1, 0.15) is 37.0 Å². The molecule has 2 heterocycles. The van der Waals surface area contributed by atoms with E-state index in [1.165, 1.54) is 18.4 Å². The molecule has 0 spiro atoms. The molecule has 0 radical (unpaired) electrons. The number of fused-ring (bicyclic) bond motifs is 1. The molecule has 0 bridgehead atoms. The van der Waals surface area contributed by atoms with E-state index < -0.39 is 0 Å². The standard InChI is InChI=1S/C19H30N2O3/c1-4-21-9-7-13(8-10-21)17-11-15-14(18(12-20)24-17)5-6-16(22-2)19(15)23-3/h5-6,13,17-18H,4,7-12,20H2,1-3H3/t17-,18-/m1/s1. The summed E-state index contributed by atoms with van der Waals surface area (Å²) < 4.78 is 17.5. The van der Waals surface area contributed by atoms with Gasteiger partial charge in [0, 0.05) is 18.5 Å². The zero-order valence-corrected chi connectivity index (χ0v) is 15.1. The highest BCUT2D eigenvalue weighted by molar-refractivity contribution is 5.52. The maximum absolute atomic E-state index is 6.40. The molecule has 1 saturated heterocycles. The Morgan fingerprint density at radius 3 is 2.54 bits per heavy atom. The number of hydrogen-bond acceptors (Lipinski definition) is 5. The molecule has 3 rings (SSSR count). The summed E-state index contributed by atoms with van der Waals surface area (Å²) in [6.45, 7) is 6.19. The number of benzene rings is 1. The second-order valence-electron chi connectivity index (χ2n) is 6.74. The molecule has 0 aliphatic carbocycles. The quantitative estimate of drug-likeness (QED) is 0.896. The van der Waals surface area contributed by atoms with Crippen molar-refractivity contribution >= 4 is 0 Å². The van der Waals surface area contributed by atoms with Gasteiger partial charge in [0.1, 0.15) is 0 Å². The van der Waals surface area contributed by atoms with Crippen molar-refractivity contribution in [2.75, 3.05) is 40.4 Å². The number of nitrogens with zero attached hydrogens (tertiary/aromatic N) is 1. The van der Waals surface area contributed by atoms with Crippen LogP contribution in [0.4, 0.5) is 0 Å². The first-order valence-corrected chi connectivity index (χ1v) is 9.03. The second-order valence-corrected chi connectivity index (χ2v) is 6.74. The van der Waals surface area contributed by atoms with Crippen molar-refractivity contribution in [3.63, 3.8) is 0 Å². The van der Waals surface area contributed by atoms with E-state index in [1.807, 2.05) is 6.07 Å². The average Bonchev–Trinajstić information content (AvgIpc) is 2.65. The Kier molecular flexibility index (Phi) is 5.64. The molecule has 0 unspecified atom stereocenters. The normalized spacial score (nSPS) is 25.3. The SMILES string of the molecule is CCN1CCC([C@H]2Cc3c(ccc(OC)c3OC)[C@@H](CN)O2)CC1. The highest BCUT2D eigenvalue weighted by atomic mass is 16.5. The van der Waals surface area contributed by atoms with E-state index in [4.69, 9.17) is 19.9 Å². The van der Waals surface area contributed by atoms with Crippen molar-refractivity contribution < 1.29 is 14.2 Å². The molecule has 0 amide bonds. The topological polar surface area (TPSA) is 57.0 Å². The van der Waals surface area contributed by atoms with Crippen LogP contribution < -0.4 is 15.2 Å². The van der Waals surface area contributed by atoms with E-state index in [0.29, 0.717) is 12.5 Å². The van der Waals surface area contributed by atoms with Gasteiger partial charge in [-0.05, 0) is 50.0 Å². The molecular formula is C19H30N2O3. The van der Waals surface area contributed by atoms with Gasteiger partial charge in [-0.3, -0.25) is 0 Å². The Balaban J connectivity index is 1.85. The summed E-state index contributed by atoms with van der Waals surface area (Å²) in [5.41, 5.74) is 8.37. The van der Waals surface area contributed by atoms with E-state index in [9.17, 15) is 0 Å². The predicted octanol–water partition coefficient (Wildman–Crippen LogP) is 2.38. The first kappa shape index (κ1) is 17.5. The van der Waals surface area contributed by atoms with Gasteiger partial charge in [-0.15, -0.1) is 0 Å². The first-order valence-electron chi connectivity index (χ1n) is 9.03. The minimum atomic E-state index is -0.0530. The zero-order valence-electron chi connectivity index (χ0n) is 15.1. The Morgan fingerprint density at radius 1 is 1.21 bits per heavy atom. The fraction of sp³-hybridized carbons (Fsp3) is 0.684. The molecule has 2 N–H and O–H groups in total. The van der Waals surface area contributed by atoms with Crippen molar-refractivity contribution in [3.8, 4) is 11.5 Å². The second kappa shape index (κ2) is 7.72. The zero-order chi connectivity index (χ0) is 17.1. The van der Waals surface area contributed by atoms with Gasteiger partial charge < -0.3 is 24.8 Å². The molecule has 5 nitrogen and oxygen atoms in total. The van der Waals surface area contributed by atoms with Crippen molar-refractivity contribution in [3.05, 3.63) is 23.3 Å². The van der Waals surface area contributed by atoms with E-state index in [-0.39, 0.29) is 12.2 Å². The number of ether oxygens (including phenoxy) is 3. The lowest BCUT2D eigenvalue weighted by atomic mass is 9.83. The van der Waals surface area contributed by atoms with Crippen molar-refractivity contribution in [2.45, 2.75) is 38.4 Å².